The van der Waals surface area contributed by atoms with Crippen LogP contribution in [0.4, 0.5) is 19.0 Å². The third kappa shape index (κ3) is 3.46. The molecule has 2 heterocycles. The predicted molar refractivity (Wildman–Crippen MR) is 86.0 cm³/mol. The highest BCUT2D eigenvalue weighted by atomic mass is 32.2. The van der Waals surface area contributed by atoms with Crippen molar-refractivity contribution in [2.75, 3.05) is 18.0 Å². The molecule has 1 saturated heterocycles. The molecule has 1 aliphatic heterocycles. The molecule has 134 valence electrons. The van der Waals surface area contributed by atoms with E-state index in [0.29, 0.717) is 18.2 Å². The van der Waals surface area contributed by atoms with Crippen molar-refractivity contribution >= 4 is 15.7 Å². The molecule has 0 saturated carbocycles. The zero-order chi connectivity index (χ0) is 18.2. The average molecular weight is 371 g/mol. The van der Waals surface area contributed by atoms with Gasteiger partial charge in [-0.3, -0.25) is 0 Å². The number of benzene rings is 1. The number of halogens is 3. The van der Waals surface area contributed by atoms with E-state index in [0.717, 1.165) is 12.1 Å². The van der Waals surface area contributed by atoms with E-state index in [1.54, 1.807) is 24.1 Å². The van der Waals surface area contributed by atoms with Crippen LogP contribution in [0.15, 0.2) is 41.4 Å². The van der Waals surface area contributed by atoms with Crippen LogP contribution in [0.5, 0.6) is 0 Å². The van der Waals surface area contributed by atoms with E-state index in [9.17, 15) is 21.6 Å². The van der Waals surface area contributed by atoms with Crippen molar-refractivity contribution in [3.05, 3.63) is 47.9 Å². The van der Waals surface area contributed by atoms with Gasteiger partial charge in [-0.1, -0.05) is 12.1 Å². The van der Waals surface area contributed by atoms with Crippen molar-refractivity contribution in [2.24, 2.45) is 0 Å². The SMILES string of the molecule is Cc1nccc(N2CC[C@H](S(=O)(=O)c3ccccc3C(F)(F)F)C2)n1. The van der Waals surface area contributed by atoms with E-state index in [1.807, 2.05) is 0 Å². The van der Waals surface area contributed by atoms with Gasteiger partial charge in [-0.15, -0.1) is 0 Å². The molecule has 1 aromatic carbocycles. The van der Waals surface area contributed by atoms with Gasteiger partial charge in [-0.05, 0) is 31.5 Å². The van der Waals surface area contributed by atoms with Crippen LogP contribution in [0.25, 0.3) is 0 Å². The number of sulfone groups is 1. The van der Waals surface area contributed by atoms with E-state index < -0.39 is 31.7 Å². The Morgan fingerprint density at radius 2 is 1.92 bits per heavy atom. The zero-order valence-corrected chi connectivity index (χ0v) is 14.2. The fourth-order valence-corrected chi connectivity index (χ4v) is 4.85. The first kappa shape index (κ1) is 17.7. The molecule has 3 rings (SSSR count). The number of anilines is 1. The topological polar surface area (TPSA) is 63.2 Å². The third-order valence-electron chi connectivity index (χ3n) is 4.17. The van der Waals surface area contributed by atoms with Crippen LogP contribution in [0.1, 0.15) is 17.8 Å². The van der Waals surface area contributed by atoms with Gasteiger partial charge < -0.3 is 4.90 Å². The Morgan fingerprint density at radius 1 is 1.20 bits per heavy atom. The highest BCUT2D eigenvalue weighted by Gasteiger charge is 2.41. The minimum Gasteiger partial charge on any atom is -0.355 e. The van der Waals surface area contributed by atoms with Crippen molar-refractivity contribution < 1.29 is 21.6 Å². The van der Waals surface area contributed by atoms with Gasteiger partial charge >= 0.3 is 6.18 Å². The standard InChI is InChI=1S/C16H16F3N3O2S/c1-11-20-8-6-15(21-11)22-9-7-12(10-22)25(23,24)14-5-3-2-4-13(14)16(17,18)19/h2-6,8,12H,7,9-10H2,1H3/t12-/m0/s1. The number of aryl methyl sites for hydroxylation is 1. The van der Waals surface area contributed by atoms with Gasteiger partial charge in [0.1, 0.15) is 11.6 Å². The average Bonchev–Trinajstić information content (AvgIpc) is 3.05. The lowest BCUT2D eigenvalue weighted by molar-refractivity contribution is -0.139. The minimum absolute atomic E-state index is 0.102. The van der Waals surface area contributed by atoms with Crippen LogP contribution in [0, 0.1) is 6.92 Å². The summed E-state index contributed by atoms with van der Waals surface area (Å²) in [6.07, 6.45) is -2.90. The lowest BCUT2D eigenvalue weighted by Crippen LogP contribution is -2.29. The molecule has 1 atom stereocenters. The molecular formula is C16H16F3N3O2S. The fraction of sp³-hybridized carbons (Fsp3) is 0.375. The fourth-order valence-electron chi connectivity index (χ4n) is 2.94. The van der Waals surface area contributed by atoms with E-state index >= 15 is 0 Å². The highest BCUT2D eigenvalue weighted by molar-refractivity contribution is 7.92. The molecule has 9 heteroatoms. The minimum atomic E-state index is -4.72. The predicted octanol–water partition coefficient (Wildman–Crippen LogP) is 2.86. The van der Waals surface area contributed by atoms with Gasteiger partial charge in [0.25, 0.3) is 0 Å². The molecule has 0 spiro atoms. The Morgan fingerprint density at radius 3 is 2.60 bits per heavy atom. The van der Waals surface area contributed by atoms with Gasteiger partial charge in [0.15, 0.2) is 9.84 Å². The lowest BCUT2D eigenvalue weighted by Gasteiger charge is -2.19. The van der Waals surface area contributed by atoms with Crippen LogP contribution < -0.4 is 4.90 Å². The van der Waals surface area contributed by atoms with Gasteiger partial charge in [0, 0.05) is 19.3 Å². The molecule has 1 aromatic heterocycles. The number of hydrogen-bond donors (Lipinski definition) is 0. The molecule has 25 heavy (non-hydrogen) atoms. The second kappa shape index (κ2) is 6.29. The Labute approximate surface area is 143 Å². The molecule has 1 aliphatic rings. The molecule has 5 nitrogen and oxygen atoms in total. The number of alkyl halides is 3. The van der Waals surface area contributed by atoms with Gasteiger partial charge in [0.2, 0.25) is 0 Å². The normalized spacial score (nSPS) is 18.6. The summed E-state index contributed by atoms with van der Waals surface area (Å²) in [6, 6.07) is 5.98. The summed E-state index contributed by atoms with van der Waals surface area (Å²) >= 11 is 0. The maximum Gasteiger partial charge on any atom is 0.417 e. The number of nitrogens with zero attached hydrogens (tertiary/aromatic N) is 3. The second-order valence-corrected chi connectivity index (χ2v) is 8.05. The van der Waals surface area contributed by atoms with Crippen molar-refractivity contribution in [3.63, 3.8) is 0 Å². The lowest BCUT2D eigenvalue weighted by atomic mass is 10.2. The van der Waals surface area contributed by atoms with Crippen LogP contribution in [-0.2, 0) is 16.0 Å². The molecule has 0 unspecified atom stereocenters. The third-order valence-corrected chi connectivity index (χ3v) is 6.40. The highest BCUT2D eigenvalue weighted by Crippen LogP contribution is 2.36. The summed E-state index contributed by atoms with van der Waals surface area (Å²) in [4.78, 5) is 9.32. The first-order chi connectivity index (χ1) is 11.7. The number of aromatic nitrogens is 2. The van der Waals surface area contributed by atoms with Gasteiger partial charge in [0.05, 0.1) is 15.7 Å². The summed E-state index contributed by atoms with van der Waals surface area (Å²) in [5.74, 6) is 1.13. The van der Waals surface area contributed by atoms with Crippen molar-refractivity contribution in [1.29, 1.82) is 0 Å². The van der Waals surface area contributed by atoms with Crippen LogP contribution in [0.2, 0.25) is 0 Å². The summed E-state index contributed by atoms with van der Waals surface area (Å²) in [7, 11) is -4.11. The van der Waals surface area contributed by atoms with Crippen LogP contribution in [-0.4, -0.2) is 36.7 Å². The van der Waals surface area contributed by atoms with E-state index in [4.69, 9.17) is 0 Å². The first-order valence-corrected chi connectivity index (χ1v) is 9.19. The van der Waals surface area contributed by atoms with Crippen molar-refractivity contribution in [2.45, 2.75) is 29.7 Å². The molecule has 0 radical (unpaired) electrons. The van der Waals surface area contributed by atoms with Crippen molar-refractivity contribution in [3.8, 4) is 0 Å². The molecule has 0 bridgehead atoms. The summed E-state index contributed by atoms with van der Waals surface area (Å²) in [5, 5.41) is -0.911. The summed E-state index contributed by atoms with van der Waals surface area (Å²) in [5.41, 5.74) is -1.12. The molecule has 0 amide bonds. The first-order valence-electron chi connectivity index (χ1n) is 7.64. The Hall–Kier alpha value is -2.16. The van der Waals surface area contributed by atoms with Crippen LogP contribution in [0.3, 0.4) is 0 Å². The van der Waals surface area contributed by atoms with E-state index in [1.165, 1.54) is 12.1 Å². The Kier molecular flexibility index (Phi) is 4.44. The van der Waals surface area contributed by atoms with E-state index in [-0.39, 0.29) is 13.0 Å². The number of hydrogen-bond acceptors (Lipinski definition) is 5. The monoisotopic (exact) mass is 371 g/mol. The molecule has 0 N–H and O–H groups in total. The maximum atomic E-state index is 13.2. The molecule has 0 aliphatic carbocycles. The smallest absolute Gasteiger partial charge is 0.355 e. The van der Waals surface area contributed by atoms with Crippen LogP contribution >= 0.6 is 0 Å². The zero-order valence-electron chi connectivity index (χ0n) is 13.4. The Balaban J connectivity index is 1.90. The molecule has 2 aromatic rings. The van der Waals surface area contributed by atoms with Crippen molar-refractivity contribution in [1.82, 2.24) is 9.97 Å². The van der Waals surface area contributed by atoms with E-state index in [2.05, 4.69) is 9.97 Å². The quantitative estimate of drug-likeness (QED) is 0.830. The maximum absolute atomic E-state index is 13.2. The summed E-state index contributed by atoms with van der Waals surface area (Å²) in [6.45, 7) is 2.23. The molecule has 1 fully saturated rings. The van der Waals surface area contributed by atoms with Gasteiger partial charge in [-0.25, -0.2) is 18.4 Å². The molecular weight excluding hydrogens is 355 g/mol. The Bertz CT molecular complexity index is 884. The number of rotatable bonds is 3. The largest absolute Gasteiger partial charge is 0.417 e. The second-order valence-electron chi connectivity index (χ2n) is 5.86. The summed E-state index contributed by atoms with van der Waals surface area (Å²) < 4.78 is 65.1. The van der Waals surface area contributed by atoms with Gasteiger partial charge in [-0.2, -0.15) is 13.2 Å².